The average Bonchev–Trinajstić information content (AvgIpc) is 3.09. The number of thiazole rings is 1. The molecule has 3 fully saturated rings. The average molecular weight is 342 g/mol. The van der Waals surface area contributed by atoms with Crippen LogP contribution in [0.25, 0.3) is 10.6 Å². The molecule has 1 aromatic carbocycles. The van der Waals surface area contributed by atoms with Gasteiger partial charge in [-0.05, 0) is 50.9 Å². The van der Waals surface area contributed by atoms with E-state index in [4.69, 9.17) is 5.73 Å². The lowest BCUT2D eigenvalue weighted by Crippen LogP contribution is -2.62. The number of fused-ring (bicyclic) bond motifs is 3. The number of carbonyl (C=O) groups excluding carboxylic acids is 1. The van der Waals surface area contributed by atoms with Crippen LogP contribution in [0, 0.1) is 5.92 Å². The van der Waals surface area contributed by atoms with Gasteiger partial charge in [-0.15, -0.1) is 11.3 Å². The zero-order valence-corrected chi connectivity index (χ0v) is 14.6. The van der Waals surface area contributed by atoms with Crippen molar-refractivity contribution in [2.24, 2.45) is 5.92 Å². The van der Waals surface area contributed by atoms with Crippen LogP contribution in [-0.2, 0) is 0 Å². The first-order valence-corrected chi connectivity index (χ1v) is 9.30. The van der Waals surface area contributed by atoms with Crippen molar-refractivity contribution in [2.45, 2.75) is 31.8 Å². The normalized spacial score (nSPS) is 28.7. The molecule has 1 amide bonds. The fourth-order valence-electron chi connectivity index (χ4n) is 3.95. The van der Waals surface area contributed by atoms with Crippen LogP contribution in [0.5, 0.6) is 0 Å². The summed E-state index contributed by atoms with van der Waals surface area (Å²) < 4.78 is 0. The molecule has 0 aliphatic carbocycles. The van der Waals surface area contributed by atoms with Gasteiger partial charge in [-0.25, -0.2) is 4.98 Å². The first kappa shape index (κ1) is 15.6. The maximum atomic E-state index is 12.7. The third-order valence-corrected chi connectivity index (χ3v) is 6.38. The Balaban J connectivity index is 1.49. The number of nitrogens with zero attached hydrogens (tertiary/aromatic N) is 2. The van der Waals surface area contributed by atoms with E-state index >= 15 is 0 Å². The molecular formula is C18H22N4OS. The zero-order valence-electron chi connectivity index (χ0n) is 13.7. The molecule has 0 unspecified atom stereocenters. The largest absolute Gasteiger partial charge is 0.399 e. The molecule has 0 saturated carbocycles. The lowest BCUT2D eigenvalue weighted by atomic mass is 9.79. The molecule has 2 bridgehead atoms. The van der Waals surface area contributed by atoms with Crippen molar-refractivity contribution >= 4 is 22.9 Å². The van der Waals surface area contributed by atoms with Gasteiger partial charge in [0.2, 0.25) is 0 Å². The van der Waals surface area contributed by atoms with Crippen LogP contribution in [0.4, 0.5) is 5.69 Å². The summed E-state index contributed by atoms with van der Waals surface area (Å²) >= 11 is 1.42. The Hall–Kier alpha value is -1.92. The second kappa shape index (κ2) is 6.18. The zero-order chi connectivity index (χ0) is 16.7. The third-order valence-electron chi connectivity index (χ3n) is 5.34. The number of nitrogen functional groups attached to an aromatic ring is 1. The number of hydrogen-bond donors (Lipinski definition) is 2. The molecule has 3 saturated heterocycles. The minimum atomic E-state index is -0.00625. The van der Waals surface area contributed by atoms with Gasteiger partial charge in [-0.1, -0.05) is 12.1 Å². The third kappa shape index (κ3) is 2.80. The lowest BCUT2D eigenvalue weighted by molar-refractivity contribution is 0.0218. The Morgan fingerprint density at radius 1 is 1.38 bits per heavy atom. The van der Waals surface area contributed by atoms with Crippen molar-refractivity contribution in [3.8, 4) is 10.6 Å². The lowest BCUT2D eigenvalue weighted by Gasteiger charge is -2.49. The van der Waals surface area contributed by atoms with E-state index in [1.807, 2.05) is 24.3 Å². The molecule has 3 aliphatic heterocycles. The van der Waals surface area contributed by atoms with Crippen molar-refractivity contribution in [2.75, 3.05) is 18.8 Å². The van der Waals surface area contributed by atoms with Gasteiger partial charge in [0.05, 0.1) is 6.20 Å². The molecule has 126 valence electrons. The predicted octanol–water partition coefficient (Wildman–Crippen LogP) is 2.60. The monoisotopic (exact) mass is 342 g/mol. The number of hydrogen-bond acceptors (Lipinski definition) is 5. The van der Waals surface area contributed by atoms with E-state index in [-0.39, 0.29) is 11.9 Å². The number of benzene rings is 1. The minimum absolute atomic E-state index is 0.00625. The highest BCUT2D eigenvalue weighted by molar-refractivity contribution is 7.16. The molecule has 0 spiro atoms. The van der Waals surface area contributed by atoms with Crippen molar-refractivity contribution < 1.29 is 4.79 Å². The topological polar surface area (TPSA) is 71.2 Å². The standard InChI is InChI=1S/C18H22N4OS/c1-11-16(12-5-7-22(11)8-6-12)21-17(23)15-10-20-18(24-15)13-3-2-4-14(19)9-13/h2-4,9-12,16H,5-8,19H2,1H3,(H,21,23)/t11-,16-/m0/s1. The van der Waals surface area contributed by atoms with Crippen LogP contribution in [-0.4, -0.2) is 41.0 Å². The van der Waals surface area contributed by atoms with E-state index in [1.165, 1.54) is 37.3 Å². The second-order valence-corrected chi connectivity index (χ2v) is 7.80. The van der Waals surface area contributed by atoms with Gasteiger partial charge in [-0.2, -0.15) is 0 Å². The smallest absolute Gasteiger partial charge is 0.263 e. The van der Waals surface area contributed by atoms with Gasteiger partial charge in [0, 0.05) is 23.3 Å². The summed E-state index contributed by atoms with van der Waals surface area (Å²) in [6.07, 6.45) is 4.05. The van der Waals surface area contributed by atoms with Crippen molar-refractivity contribution in [1.29, 1.82) is 0 Å². The summed E-state index contributed by atoms with van der Waals surface area (Å²) in [6.45, 7) is 4.55. The molecular weight excluding hydrogens is 320 g/mol. The Kier molecular flexibility index (Phi) is 4.02. The Morgan fingerprint density at radius 2 is 2.17 bits per heavy atom. The van der Waals surface area contributed by atoms with E-state index in [0.717, 1.165) is 10.6 Å². The van der Waals surface area contributed by atoms with E-state index in [0.29, 0.717) is 22.5 Å². The van der Waals surface area contributed by atoms with Crippen LogP contribution in [0.2, 0.25) is 0 Å². The highest BCUT2D eigenvalue weighted by Gasteiger charge is 2.40. The Morgan fingerprint density at radius 3 is 2.88 bits per heavy atom. The molecule has 5 nitrogen and oxygen atoms in total. The van der Waals surface area contributed by atoms with Crippen LogP contribution >= 0.6 is 11.3 Å². The minimum Gasteiger partial charge on any atom is -0.399 e. The number of rotatable bonds is 3. The number of amides is 1. The number of piperidine rings is 3. The first-order chi connectivity index (χ1) is 11.6. The number of nitrogens with two attached hydrogens (primary N) is 1. The summed E-state index contributed by atoms with van der Waals surface area (Å²) in [6, 6.07) is 8.27. The fraction of sp³-hybridized carbons (Fsp3) is 0.444. The van der Waals surface area contributed by atoms with Crippen LogP contribution in [0.1, 0.15) is 29.4 Å². The van der Waals surface area contributed by atoms with E-state index in [1.54, 1.807) is 6.20 Å². The van der Waals surface area contributed by atoms with Crippen molar-refractivity contribution in [1.82, 2.24) is 15.2 Å². The van der Waals surface area contributed by atoms with Crippen LogP contribution in [0.15, 0.2) is 30.5 Å². The maximum Gasteiger partial charge on any atom is 0.263 e. The number of aromatic nitrogens is 1. The van der Waals surface area contributed by atoms with Crippen LogP contribution in [0.3, 0.4) is 0 Å². The van der Waals surface area contributed by atoms with Gasteiger partial charge in [0.1, 0.15) is 9.88 Å². The predicted molar refractivity (Wildman–Crippen MR) is 97.0 cm³/mol. The Bertz CT molecular complexity index is 749. The first-order valence-electron chi connectivity index (χ1n) is 8.48. The summed E-state index contributed by atoms with van der Waals surface area (Å²) in [7, 11) is 0. The number of anilines is 1. The second-order valence-electron chi connectivity index (χ2n) is 6.77. The molecule has 24 heavy (non-hydrogen) atoms. The maximum absolute atomic E-state index is 12.7. The molecule has 2 atom stereocenters. The quantitative estimate of drug-likeness (QED) is 0.841. The van der Waals surface area contributed by atoms with Crippen molar-refractivity contribution in [3.63, 3.8) is 0 Å². The fourth-order valence-corrected chi connectivity index (χ4v) is 4.77. The summed E-state index contributed by atoms with van der Waals surface area (Å²) in [4.78, 5) is 20.2. The van der Waals surface area contributed by atoms with Gasteiger partial charge in [0.25, 0.3) is 5.91 Å². The Labute approximate surface area is 145 Å². The highest BCUT2D eigenvalue weighted by Crippen LogP contribution is 2.33. The molecule has 6 heteroatoms. The molecule has 5 rings (SSSR count). The van der Waals surface area contributed by atoms with E-state index in [9.17, 15) is 4.79 Å². The summed E-state index contributed by atoms with van der Waals surface area (Å²) in [5.74, 6) is 0.600. The number of nitrogens with one attached hydrogen (secondary N) is 1. The molecule has 3 aliphatic rings. The van der Waals surface area contributed by atoms with E-state index in [2.05, 4.69) is 22.1 Å². The molecule has 4 heterocycles. The molecule has 0 radical (unpaired) electrons. The highest BCUT2D eigenvalue weighted by atomic mass is 32.1. The molecule has 1 aromatic heterocycles. The van der Waals surface area contributed by atoms with Crippen LogP contribution < -0.4 is 11.1 Å². The van der Waals surface area contributed by atoms with E-state index < -0.39 is 0 Å². The van der Waals surface area contributed by atoms with Gasteiger partial charge in [-0.3, -0.25) is 9.69 Å². The summed E-state index contributed by atoms with van der Waals surface area (Å²) in [5, 5.41) is 4.09. The van der Waals surface area contributed by atoms with Gasteiger partial charge >= 0.3 is 0 Å². The number of carbonyl (C=O) groups is 1. The molecule has 2 aromatic rings. The summed E-state index contributed by atoms with van der Waals surface area (Å²) in [5.41, 5.74) is 7.49. The SMILES string of the molecule is C[C@H]1[C@H](NC(=O)c2cnc(-c3cccc(N)c3)s2)C2CCN1CC2. The van der Waals surface area contributed by atoms with Gasteiger partial charge < -0.3 is 11.1 Å². The molecule has 3 N–H and O–H groups in total. The van der Waals surface area contributed by atoms with Crippen molar-refractivity contribution in [3.05, 3.63) is 35.3 Å². The van der Waals surface area contributed by atoms with Gasteiger partial charge in [0.15, 0.2) is 0 Å².